The fourth-order valence-corrected chi connectivity index (χ4v) is 2.84. The molecule has 1 amide bonds. The van der Waals surface area contributed by atoms with Gasteiger partial charge in [-0.25, -0.2) is 9.97 Å². The molecule has 29 heavy (non-hydrogen) atoms. The van der Waals surface area contributed by atoms with Crippen LogP contribution in [-0.2, 0) is 6.54 Å². The zero-order valence-electron chi connectivity index (χ0n) is 15.1. The van der Waals surface area contributed by atoms with Gasteiger partial charge in [0.15, 0.2) is 11.5 Å². The highest BCUT2D eigenvalue weighted by molar-refractivity contribution is 6.57. The third-order valence-corrected chi connectivity index (χ3v) is 4.23. The molecule has 0 radical (unpaired) electrons. The monoisotopic (exact) mass is 389 g/mol. The van der Waals surface area contributed by atoms with Crippen LogP contribution >= 0.6 is 0 Å². The average molecular weight is 389 g/mol. The molecule has 0 aliphatic carbocycles. The molecule has 0 bridgehead atoms. The number of aromatic nitrogens is 5. The molecule has 0 saturated heterocycles. The topological polar surface area (TPSA) is 152 Å². The quantitative estimate of drug-likeness (QED) is 0.325. The zero-order valence-corrected chi connectivity index (χ0v) is 15.1. The average Bonchev–Trinajstić information content (AvgIpc) is 3.17. The lowest BCUT2D eigenvalue weighted by atomic mass is 9.86. The minimum Gasteiger partial charge on any atom is -0.422 e. The number of hydrogen-bond donors (Lipinski definition) is 4. The number of anilines is 1. The van der Waals surface area contributed by atoms with Crippen molar-refractivity contribution in [3.05, 3.63) is 65.9 Å². The fraction of sp³-hybridized carbons (Fsp3) is 0.0556. The van der Waals surface area contributed by atoms with Crippen LogP contribution in [0.15, 0.2) is 54.7 Å². The van der Waals surface area contributed by atoms with Crippen LogP contribution in [0.25, 0.3) is 17.3 Å². The summed E-state index contributed by atoms with van der Waals surface area (Å²) in [6.45, 7) is 0.477. The Bertz CT molecular complexity index is 1180. The van der Waals surface area contributed by atoms with Gasteiger partial charge in [-0.1, -0.05) is 30.3 Å². The number of carbonyl (C=O) groups excluding carboxylic acids is 1. The summed E-state index contributed by atoms with van der Waals surface area (Å²) >= 11 is 0. The number of nitrogens with one attached hydrogen (secondary N) is 1. The van der Waals surface area contributed by atoms with Crippen LogP contribution in [0.1, 0.15) is 15.9 Å². The van der Waals surface area contributed by atoms with E-state index in [1.54, 1.807) is 12.3 Å². The minimum atomic E-state index is -1.80. The third-order valence-electron chi connectivity index (χ3n) is 4.23. The number of nitrogens with two attached hydrogens (primary N) is 1. The SMILES string of the molecule is NC(=O)c1cccn2c(-c3nc(NCc4ccccc4)cc(B(O)O)n3)nnc12. The highest BCUT2D eigenvalue weighted by Gasteiger charge is 2.21. The maximum Gasteiger partial charge on any atom is 0.508 e. The number of benzene rings is 1. The fourth-order valence-electron chi connectivity index (χ4n) is 2.84. The summed E-state index contributed by atoms with van der Waals surface area (Å²) in [7, 11) is -1.80. The van der Waals surface area contributed by atoms with Crippen LogP contribution in [0.4, 0.5) is 5.82 Å². The molecule has 144 valence electrons. The van der Waals surface area contributed by atoms with Gasteiger partial charge >= 0.3 is 7.12 Å². The van der Waals surface area contributed by atoms with Crippen molar-refractivity contribution in [2.45, 2.75) is 6.54 Å². The molecule has 4 aromatic rings. The first-order valence-corrected chi connectivity index (χ1v) is 8.70. The molecule has 0 atom stereocenters. The molecular formula is C18H16BN7O3. The Hall–Kier alpha value is -3.83. The lowest BCUT2D eigenvalue weighted by Crippen LogP contribution is -2.33. The summed E-state index contributed by atoms with van der Waals surface area (Å²) in [6, 6.07) is 14.3. The number of carbonyl (C=O) groups is 1. The number of primary amides is 1. The highest BCUT2D eigenvalue weighted by Crippen LogP contribution is 2.18. The van der Waals surface area contributed by atoms with Crippen molar-refractivity contribution in [1.82, 2.24) is 24.6 Å². The van der Waals surface area contributed by atoms with Gasteiger partial charge in [-0.3, -0.25) is 9.20 Å². The molecule has 1 aromatic carbocycles. The van der Waals surface area contributed by atoms with E-state index in [9.17, 15) is 14.8 Å². The summed E-state index contributed by atoms with van der Waals surface area (Å²) in [5.74, 6) is 0.0821. The maximum atomic E-state index is 11.6. The summed E-state index contributed by atoms with van der Waals surface area (Å²) in [5.41, 5.74) is 6.86. The van der Waals surface area contributed by atoms with E-state index in [0.717, 1.165) is 5.56 Å². The number of rotatable bonds is 6. The first-order chi connectivity index (χ1) is 14.0. The summed E-state index contributed by atoms with van der Waals surface area (Å²) in [6.07, 6.45) is 1.64. The lowest BCUT2D eigenvalue weighted by Gasteiger charge is -2.09. The standard InChI is InChI=1S/C18H16BN7O3/c20-15(27)12-7-4-8-26-17(12)24-25-18(26)16-22-13(19(28)29)9-14(23-16)21-10-11-5-2-1-3-6-11/h1-9,28-29H,10H2,(H2,20,27)(H,21,22,23). The Labute approximate surface area is 165 Å². The largest absolute Gasteiger partial charge is 0.508 e. The van der Waals surface area contributed by atoms with E-state index in [2.05, 4.69) is 25.5 Å². The number of hydrogen-bond acceptors (Lipinski definition) is 8. The Morgan fingerprint density at radius 3 is 2.62 bits per heavy atom. The Morgan fingerprint density at radius 2 is 1.90 bits per heavy atom. The Morgan fingerprint density at radius 1 is 1.10 bits per heavy atom. The van der Waals surface area contributed by atoms with Crippen molar-refractivity contribution < 1.29 is 14.8 Å². The molecule has 5 N–H and O–H groups in total. The molecule has 0 saturated carbocycles. The summed E-state index contributed by atoms with van der Waals surface area (Å²) in [4.78, 5) is 20.2. The second-order valence-corrected chi connectivity index (χ2v) is 6.22. The highest BCUT2D eigenvalue weighted by atomic mass is 16.4. The van der Waals surface area contributed by atoms with E-state index in [-0.39, 0.29) is 28.5 Å². The van der Waals surface area contributed by atoms with Crippen LogP contribution in [-0.4, -0.2) is 47.6 Å². The summed E-state index contributed by atoms with van der Waals surface area (Å²) < 4.78 is 1.52. The van der Waals surface area contributed by atoms with E-state index in [1.807, 2.05) is 30.3 Å². The van der Waals surface area contributed by atoms with Crippen LogP contribution in [0.5, 0.6) is 0 Å². The minimum absolute atomic E-state index is 0.00614. The number of pyridine rings is 1. The number of amides is 1. The van der Waals surface area contributed by atoms with Gasteiger partial charge in [-0.05, 0) is 23.8 Å². The second-order valence-electron chi connectivity index (χ2n) is 6.22. The first-order valence-electron chi connectivity index (χ1n) is 8.70. The van der Waals surface area contributed by atoms with E-state index in [0.29, 0.717) is 12.4 Å². The molecule has 0 unspecified atom stereocenters. The van der Waals surface area contributed by atoms with Gasteiger partial charge in [0, 0.05) is 12.7 Å². The predicted octanol–water partition coefficient (Wildman–Crippen LogP) is -0.423. The van der Waals surface area contributed by atoms with Crippen molar-refractivity contribution in [3.63, 3.8) is 0 Å². The Kier molecular flexibility index (Phi) is 4.89. The van der Waals surface area contributed by atoms with Crippen molar-refractivity contribution >= 4 is 30.1 Å². The van der Waals surface area contributed by atoms with Crippen LogP contribution in [0.2, 0.25) is 0 Å². The van der Waals surface area contributed by atoms with E-state index < -0.39 is 13.0 Å². The lowest BCUT2D eigenvalue weighted by molar-refractivity contribution is 0.100. The molecule has 10 nitrogen and oxygen atoms in total. The molecule has 0 spiro atoms. The molecule has 0 aliphatic heterocycles. The predicted molar refractivity (Wildman–Crippen MR) is 106 cm³/mol. The van der Waals surface area contributed by atoms with E-state index >= 15 is 0 Å². The van der Waals surface area contributed by atoms with Gasteiger partial charge in [-0.15, -0.1) is 10.2 Å². The van der Waals surface area contributed by atoms with Crippen molar-refractivity contribution in [1.29, 1.82) is 0 Å². The van der Waals surface area contributed by atoms with Gasteiger partial charge in [0.1, 0.15) is 5.82 Å². The van der Waals surface area contributed by atoms with Crippen molar-refractivity contribution in [2.24, 2.45) is 5.73 Å². The zero-order chi connectivity index (χ0) is 20.4. The van der Waals surface area contributed by atoms with Crippen LogP contribution in [0.3, 0.4) is 0 Å². The van der Waals surface area contributed by atoms with E-state index in [4.69, 9.17) is 5.73 Å². The number of fused-ring (bicyclic) bond motifs is 1. The third kappa shape index (κ3) is 3.77. The van der Waals surface area contributed by atoms with Gasteiger partial charge in [0.05, 0.1) is 11.2 Å². The molecule has 4 rings (SSSR count). The second kappa shape index (κ2) is 7.66. The van der Waals surface area contributed by atoms with Crippen LogP contribution < -0.4 is 16.6 Å². The van der Waals surface area contributed by atoms with Crippen molar-refractivity contribution in [3.8, 4) is 11.6 Å². The summed E-state index contributed by atoms with van der Waals surface area (Å²) in [5, 5.41) is 30.4. The molecule has 11 heteroatoms. The normalized spacial score (nSPS) is 10.8. The molecular weight excluding hydrogens is 373 g/mol. The van der Waals surface area contributed by atoms with E-state index in [1.165, 1.54) is 16.5 Å². The molecule has 3 aromatic heterocycles. The van der Waals surface area contributed by atoms with Crippen LogP contribution in [0, 0.1) is 0 Å². The van der Waals surface area contributed by atoms with Crippen molar-refractivity contribution in [2.75, 3.05) is 5.32 Å². The number of nitrogens with zero attached hydrogens (tertiary/aromatic N) is 5. The van der Waals surface area contributed by atoms with Gasteiger partial charge in [0.25, 0.3) is 5.91 Å². The van der Waals surface area contributed by atoms with Gasteiger partial charge < -0.3 is 21.1 Å². The van der Waals surface area contributed by atoms with Gasteiger partial charge in [-0.2, -0.15) is 0 Å². The first kappa shape index (κ1) is 18.5. The maximum absolute atomic E-state index is 11.6. The molecule has 0 aliphatic rings. The molecule has 0 fully saturated rings. The Balaban J connectivity index is 1.75. The smallest absolute Gasteiger partial charge is 0.422 e. The molecule has 3 heterocycles. The van der Waals surface area contributed by atoms with Gasteiger partial charge in [0.2, 0.25) is 5.82 Å².